The average Bonchev–Trinajstić information content (AvgIpc) is 3.03. The summed E-state index contributed by atoms with van der Waals surface area (Å²) in [5, 5.41) is 3.18. The summed E-state index contributed by atoms with van der Waals surface area (Å²) in [5.41, 5.74) is 2.33. The summed E-state index contributed by atoms with van der Waals surface area (Å²) in [6, 6.07) is 13.5. The van der Waals surface area contributed by atoms with E-state index in [1.807, 2.05) is 18.2 Å². The second-order valence-corrected chi connectivity index (χ2v) is 7.47. The highest BCUT2D eigenvalue weighted by Gasteiger charge is 2.16. The molecule has 3 aromatic rings. The van der Waals surface area contributed by atoms with Gasteiger partial charge in [0.05, 0.1) is 0 Å². The molecule has 0 aliphatic heterocycles. The van der Waals surface area contributed by atoms with Gasteiger partial charge in [0.1, 0.15) is 5.82 Å². The van der Waals surface area contributed by atoms with Gasteiger partial charge in [0.2, 0.25) is 5.13 Å². The van der Waals surface area contributed by atoms with E-state index in [2.05, 4.69) is 35.4 Å². The number of anilines is 1. The number of benzene rings is 2. The lowest BCUT2D eigenvalue weighted by Gasteiger charge is -2.19. The van der Waals surface area contributed by atoms with Crippen LogP contribution >= 0.6 is 11.5 Å². The minimum Gasteiger partial charge on any atom is -0.297 e. The summed E-state index contributed by atoms with van der Waals surface area (Å²) >= 11 is 1.09. The van der Waals surface area contributed by atoms with Crippen molar-refractivity contribution in [3.8, 4) is 11.4 Å². The Morgan fingerprint density at radius 3 is 2.52 bits per heavy atom. The van der Waals surface area contributed by atoms with Gasteiger partial charge in [-0.05, 0) is 47.4 Å². The minimum atomic E-state index is -0.314. The molecule has 0 aliphatic rings. The molecule has 1 heterocycles. The molecule has 4 nitrogen and oxygen atoms in total. The highest BCUT2D eigenvalue weighted by atomic mass is 32.1. The van der Waals surface area contributed by atoms with Gasteiger partial charge in [-0.1, -0.05) is 32.9 Å². The van der Waals surface area contributed by atoms with E-state index < -0.39 is 0 Å². The average molecular weight is 355 g/mol. The van der Waals surface area contributed by atoms with Gasteiger partial charge in [0.25, 0.3) is 5.91 Å². The van der Waals surface area contributed by atoms with Crippen molar-refractivity contribution in [2.24, 2.45) is 0 Å². The zero-order valence-corrected chi connectivity index (χ0v) is 15.0. The maximum absolute atomic E-state index is 13.0. The maximum atomic E-state index is 13.0. The number of nitrogens with zero attached hydrogens (tertiary/aromatic N) is 2. The van der Waals surface area contributed by atoms with E-state index in [1.165, 1.54) is 12.1 Å². The molecule has 0 unspecified atom stereocenters. The summed E-state index contributed by atoms with van der Waals surface area (Å²) < 4.78 is 17.2. The van der Waals surface area contributed by atoms with Gasteiger partial charge in [0, 0.05) is 22.7 Å². The Morgan fingerprint density at radius 1 is 1.12 bits per heavy atom. The van der Waals surface area contributed by atoms with Crippen LogP contribution in [-0.2, 0) is 5.41 Å². The van der Waals surface area contributed by atoms with Crippen molar-refractivity contribution in [1.82, 2.24) is 9.36 Å². The molecule has 1 amide bonds. The Bertz CT molecular complexity index is 898. The first-order chi connectivity index (χ1) is 11.8. The number of hydrogen-bond donors (Lipinski definition) is 1. The van der Waals surface area contributed by atoms with E-state index in [9.17, 15) is 9.18 Å². The van der Waals surface area contributed by atoms with Crippen LogP contribution < -0.4 is 5.32 Å². The minimum absolute atomic E-state index is 0.0330. The van der Waals surface area contributed by atoms with Crippen LogP contribution in [0.1, 0.15) is 36.7 Å². The van der Waals surface area contributed by atoms with Crippen LogP contribution in [0.15, 0.2) is 48.5 Å². The molecule has 0 aliphatic carbocycles. The second kappa shape index (κ2) is 6.72. The zero-order valence-electron chi connectivity index (χ0n) is 14.2. The second-order valence-electron chi connectivity index (χ2n) is 6.71. The summed E-state index contributed by atoms with van der Waals surface area (Å²) in [6.45, 7) is 6.30. The van der Waals surface area contributed by atoms with Gasteiger partial charge in [-0.25, -0.2) is 4.39 Å². The van der Waals surface area contributed by atoms with Crippen molar-refractivity contribution in [2.75, 3.05) is 5.32 Å². The molecular weight excluding hydrogens is 337 g/mol. The lowest BCUT2D eigenvalue weighted by molar-refractivity contribution is 0.102. The molecule has 6 heteroatoms. The first-order valence-electron chi connectivity index (χ1n) is 7.84. The highest BCUT2D eigenvalue weighted by Crippen LogP contribution is 2.24. The SMILES string of the molecule is CC(C)(C)c1cccc(C(=O)Nc2nc(-c3ccc(F)cc3)ns2)c1. The molecule has 3 rings (SSSR count). The zero-order chi connectivity index (χ0) is 18.0. The van der Waals surface area contributed by atoms with Gasteiger partial charge in [-0.15, -0.1) is 0 Å². The predicted octanol–water partition coefficient (Wildman–Crippen LogP) is 4.89. The third-order valence-electron chi connectivity index (χ3n) is 3.74. The van der Waals surface area contributed by atoms with Crippen molar-refractivity contribution in [2.45, 2.75) is 26.2 Å². The standard InChI is InChI=1S/C19H18FN3OS/c1-19(2,3)14-6-4-5-13(11-14)17(24)22-18-21-16(23-25-18)12-7-9-15(20)10-8-12/h4-11H,1-3H3,(H,21,22,23,24). The number of halogens is 1. The maximum Gasteiger partial charge on any atom is 0.257 e. The topological polar surface area (TPSA) is 54.9 Å². The Morgan fingerprint density at radius 2 is 1.84 bits per heavy atom. The third kappa shape index (κ3) is 4.09. The highest BCUT2D eigenvalue weighted by molar-refractivity contribution is 7.10. The van der Waals surface area contributed by atoms with Crippen molar-refractivity contribution in [3.05, 3.63) is 65.5 Å². The molecule has 128 valence electrons. The molecule has 0 atom stereocenters. The molecule has 25 heavy (non-hydrogen) atoms. The fourth-order valence-corrected chi connectivity index (χ4v) is 2.87. The summed E-state index contributed by atoms with van der Waals surface area (Å²) in [5.74, 6) is -0.0807. The van der Waals surface area contributed by atoms with E-state index in [0.29, 0.717) is 22.1 Å². The van der Waals surface area contributed by atoms with Gasteiger partial charge in [0.15, 0.2) is 5.82 Å². The number of hydrogen-bond acceptors (Lipinski definition) is 4. The smallest absolute Gasteiger partial charge is 0.257 e. The Labute approximate surface area is 149 Å². The summed E-state index contributed by atoms with van der Waals surface area (Å²) in [7, 11) is 0. The largest absolute Gasteiger partial charge is 0.297 e. The molecule has 0 bridgehead atoms. The van der Waals surface area contributed by atoms with Gasteiger partial charge in [-0.3, -0.25) is 10.1 Å². The van der Waals surface area contributed by atoms with Crippen LogP contribution in [0, 0.1) is 5.82 Å². The number of rotatable bonds is 3. The van der Waals surface area contributed by atoms with Crippen molar-refractivity contribution >= 4 is 22.6 Å². The fourth-order valence-electron chi connectivity index (χ4n) is 2.29. The van der Waals surface area contributed by atoms with E-state index in [0.717, 1.165) is 17.1 Å². The molecular formula is C19H18FN3OS. The van der Waals surface area contributed by atoms with Crippen molar-refractivity contribution < 1.29 is 9.18 Å². The van der Waals surface area contributed by atoms with E-state index in [1.54, 1.807) is 18.2 Å². The number of amides is 1. The molecule has 1 N–H and O–H groups in total. The van der Waals surface area contributed by atoms with E-state index in [-0.39, 0.29) is 17.1 Å². The van der Waals surface area contributed by atoms with Crippen LogP contribution in [0.4, 0.5) is 9.52 Å². The predicted molar refractivity (Wildman–Crippen MR) is 98.4 cm³/mol. The number of aromatic nitrogens is 2. The number of nitrogens with one attached hydrogen (secondary N) is 1. The van der Waals surface area contributed by atoms with E-state index >= 15 is 0 Å². The lowest BCUT2D eigenvalue weighted by Crippen LogP contribution is -2.15. The van der Waals surface area contributed by atoms with Crippen molar-refractivity contribution in [3.63, 3.8) is 0 Å². The first-order valence-corrected chi connectivity index (χ1v) is 8.62. The van der Waals surface area contributed by atoms with Crippen LogP contribution in [0.3, 0.4) is 0 Å². The van der Waals surface area contributed by atoms with Gasteiger partial charge >= 0.3 is 0 Å². The lowest BCUT2D eigenvalue weighted by atomic mass is 9.86. The van der Waals surface area contributed by atoms with Gasteiger partial charge in [-0.2, -0.15) is 9.36 Å². The van der Waals surface area contributed by atoms with Crippen LogP contribution in [0.2, 0.25) is 0 Å². The van der Waals surface area contributed by atoms with Gasteiger partial charge < -0.3 is 0 Å². The van der Waals surface area contributed by atoms with Crippen molar-refractivity contribution in [1.29, 1.82) is 0 Å². The normalized spacial score (nSPS) is 11.4. The summed E-state index contributed by atoms with van der Waals surface area (Å²) in [6.07, 6.45) is 0. The van der Waals surface area contributed by atoms with E-state index in [4.69, 9.17) is 0 Å². The van der Waals surface area contributed by atoms with Crippen LogP contribution in [0.5, 0.6) is 0 Å². The Kier molecular flexibility index (Phi) is 4.63. The fraction of sp³-hybridized carbons (Fsp3) is 0.211. The molecule has 2 aromatic carbocycles. The molecule has 0 radical (unpaired) electrons. The van der Waals surface area contributed by atoms with Crippen LogP contribution in [-0.4, -0.2) is 15.3 Å². The monoisotopic (exact) mass is 355 g/mol. The first kappa shape index (κ1) is 17.2. The molecule has 0 fully saturated rings. The molecule has 0 saturated heterocycles. The molecule has 1 aromatic heterocycles. The third-order valence-corrected chi connectivity index (χ3v) is 4.37. The molecule has 0 saturated carbocycles. The summed E-state index contributed by atoms with van der Waals surface area (Å²) in [4.78, 5) is 16.8. The number of carbonyl (C=O) groups excluding carboxylic acids is 1. The Hall–Kier alpha value is -2.60. The molecule has 0 spiro atoms. The number of carbonyl (C=O) groups is 1. The quantitative estimate of drug-likeness (QED) is 0.727. The van der Waals surface area contributed by atoms with Crippen LogP contribution in [0.25, 0.3) is 11.4 Å². The Balaban J connectivity index is 1.77.